The van der Waals surface area contributed by atoms with Crippen molar-refractivity contribution in [3.8, 4) is 0 Å². The predicted molar refractivity (Wildman–Crippen MR) is 107 cm³/mol. The molecule has 10 heteroatoms. The topological polar surface area (TPSA) is 79.0 Å². The Morgan fingerprint density at radius 3 is 2.53 bits per heavy atom. The van der Waals surface area contributed by atoms with Crippen LogP contribution in [-0.4, -0.2) is 43.6 Å². The highest BCUT2D eigenvalue weighted by Gasteiger charge is 2.63. The van der Waals surface area contributed by atoms with Gasteiger partial charge in [-0.05, 0) is 42.3 Å². The van der Waals surface area contributed by atoms with Gasteiger partial charge in [0.1, 0.15) is 0 Å². The number of amides is 4. The molecule has 7 nitrogen and oxygen atoms in total. The van der Waals surface area contributed by atoms with Crippen LogP contribution < -0.4 is 15.1 Å². The average Bonchev–Trinajstić information content (AvgIpc) is 2.77. The minimum atomic E-state index is -4.57. The maximum Gasteiger partial charge on any atom is 0.416 e. The van der Waals surface area contributed by atoms with Gasteiger partial charge in [0.05, 0.1) is 30.5 Å². The SMILES string of the molecule is O=C1NC(=O)[C@@]2(Cc3cc(C(F)(F)F)ccc3N3CCOC[C@@H]32)C(=O)N1c1ccccc1. The van der Waals surface area contributed by atoms with Crippen molar-refractivity contribution in [1.82, 2.24) is 5.32 Å². The number of urea groups is 1. The number of anilines is 2. The number of rotatable bonds is 1. The number of nitrogens with one attached hydrogen (secondary N) is 1. The summed E-state index contributed by atoms with van der Waals surface area (Å²) in [4.78, 5) is 42.3. The van der Waals surface area contributed by atoms with Crippen molar-refractivity contribution in [2.24, 2.45) is 5.41 Å². The maximum atomic E-state index is 13.8. The molecule has 2 saturated heterocycles. The third kappa shape index (κ3) is 2.89. The van der Waals surface area contributed by atoms with Crippen molar-refractivity contribution in [1.29, 1.82) is 0 Å². The van der Waals surface area contributed by atoms with Crippen LogP contribution in [0.3, 0.4) is 0 Å². The van der Waals surface area contributed by atoms with Crippen LogP contribution in [0.15, 0.2) is 48.5 Å². The Balaban J connectivity index is 1.67. The number of halogens is 3. The van der Waals surface area contributed by atoms with Crippen LogP contribution in [0.25, 0.3) is 0 Å². The number of fused-ring (bicyclic) bond motifs is 4. The molecule has 3 heterocycles. The van der Waals surface area contributed by atoms with Gasteiger partial charge in [0.2, 0.25) is 5.91 Å². The smallest absolute Gasteiger partial charge is 0.377 e. The summed E-state index contributed by atoms with van der Waals surface area (Å²) in [5.74, 6) is -1.61. The first-order valence-corrected chi connectivity index (χ1v) is 10.0. The van der Waals surface area contributed by atoms with Crippen molar-refractivity contribution >= 4 is 29.2 Å². The largest absolute Gasteiger partial charge is 0.416 e. The van der Waals surface area contributed by atoms with Gasteiger partial charge in [-0.1, -0.05) is 18.2 Å². The van der Waals surface area contributed by atoms with Crippen molar-refractivity contribution in [3.05, 3.63) is 59.7 Å². The number of nitrogens with zero attached hydrogens (tertiary/aromatic N) is 2. The molecular weight excluding hydrogens is 427 g/mol. The summed E-state index contributed by atoms with van der Waals surface area (Å²) in [6, 6.07) is 9.77. The molecule has 0 radical (unpaired) electrons. The monoisotopic (exact) mass is 445 g/mol. The number of para-hydroxylation sites is 1. The number of benzene rings is 2. The molecule has 2 fully saturated rings. The van der Waals surface area contributed by atoms with Crippen molar-refractivity contribution in [2.45, 2.75) is 18.6 Å². The average molecular weight is 445 g/mol. The standard InChI is InChI=1S/C22H18F3N3O4/c23-22(24,25)14-6-7-16-13(10-14)11-21(17-12-32-9-8-27(16)17)18(29)26-20(31)28(19(21)30)15-4-2-1-3-5-15/h1-7,10,17H,8-9,11-12H2,(H,26,29,31)/t17-,21+/m1/s1. The third-order valence-electron chi connectivity index (χ3n) is 6.31. The van der Waals surface area contributed by atoms with E-state index < -0.39 is 41.0 Å². The Labute approximate surface area is 180 Å². The second kappa shape index (κ2) is 7.06. The van der Waals surface area contributed by atoms with Gasteiger partial charge in [0, 0.05) is 12.2 Å². The summed E-state index contributed by atoms with van der Waals surface area (Å²) < 4.78 is 45.7. The molecule has 1 spiro atoms. The molecule has 166 valence electrons. The Bertz CT molecular complexity index is 1120. The van der Waals surface area contributed by atoms with E-state index in [9.17, 15) is 27.6 Å². The first-order valence-electron chi connectivity index (χ1n) is 10.0. The fraction of sp³-hybridized carbons (Fsp3) is 0.318. The van der Waals surface area contributed by atoms with E-state index >= 15 is 0 Å². The number of ether oxygens (including phenoxy) is 1. The van der Waals surface area contributed by atoms with Crippen LogP contribution in [0.5, 0.6) is 0 Å². The van der Waals surface area contributed by atoms with Crippen LogP contribution in [0.1, 0.15) is 11.1 Å². The summed E-state index contributed by atoms with van der Waals surface area (Å²) in [5.41, 5.74) is -1.66. The fourth-order valence-electron chi connectivity index (χ4n) is 4.82. The number of imide groups is 2. The van der Waals surface area contributed by atoms with Crippen LogP contribution in [0.2, 0.25) is 0 Å². The summed E-state index contributed by atoms with van der Waals surface area (Å²) in [5, 5.41) is 2.25. The normalized spacial score (nSPS) is 25.5. The second-order valence-corrected chi connectivity index (χ2v) is 8.01. The molecule has 2 atom stereocenters. The van der Waals surface area contributed by atoms with Gasteiger partial charge < -0.3 is 9.64 Å². The highest BCUT2D eigenvalue weighted by molar-refractivity contribution is 6.30. The summed E-state index contributed by atoms with van der Waals surface area (Å²) in [7, 11) is 0. The summed E-state index contributed by atoms with van der Waals surface area (Å²) >= 11 is 0. The molecule has 32 heavy (non-hydrogen) atoms. The lowest BCUT2D eigenvalue weighted by atomic mass is 9.68. The van der Waals surface area contributed by atoms with Gasteiger partial charge in [0.15, 0.2) is 5.41 Å². The van der Waals surface area contributed by atoms with Crippen LogP contribution in [0.4, 0.5) is 29.3 Å². The zero-order chi connectivity index (χ0) is 22.7. The van der Waals surface area contributed by atoms with E-state index in [1.807, 2.05) is 0 Å². The molecule has 0 bridgehead atoms. The van der Waals surface area contributed by atoms with Crippen LogP contribution >= 0.6 is 0 Å². The molecule has 3 aliphatic heterocycles. The molecule has 5 rings (SSSR count). The van der Waals surface area contributed by atoms with Crippen LogP contribution in [0, 0.1) is 5.41 Å². The lowest BCUT2D eigenvalue weighted by molar-refractivity contribution is -0.146. The summed E-state index contributed by atoms with van der Waals surface area (Å²) in [6.45, 7) is 0.616. The van der Waals surface area contributed by atoms with E-state index in [4.69, 9.17) is 4.74 Å². The Hall–Kier alpha value is -3.40. The van der Waals surface area contributed by atoms with Crippen molar-refractivity contribution < 1.29 is 32.3 Å². The first kappa shape index (κ1) is 20.5. The first-order chi connectivity index (χ1) is 15.2. The minimum Gasteiger partial charge on any atom is -0.377 e. The number of morpholine rings is 1. The number of barbiturate groups is 1. The van der Waals surface area contributed by atoms with E-state index in [0.29, 0.717) is 18.8 Å². The van der Waals surface area contributed by atoms with Gasteiger partial charge >= 0.3 is 12.2 Å². The fourth-order valence-corrected chi connectivity index (χ4v) is 4.82. The van der Waals surface area contributed by atoms with Crippen molar-refractivity contribution in [3.63, 3.8) is 0 Å². The third-order valence-corrected chi connectivity index (χ3v) is 6.31. The second-order valence-electron chi connectivity index (χ2n) is 8.01. The van der Waals surface area contributed by atoms with Gasteiger partial charge in [-0.15, -0.1) is 0 Å². The van der Waals surface area contributed by atoms with Gasteiger partial charge in [-0.2, -0.15) is 13.2 Å². The van der Waals surface area contributed by atoms with Crippen LogP contribution in [-0.2, 0) is 26.9 Å². The molecule has 4 amide bonds. The van der Waals surface area contributed by atoms with E-state index in [1.54, 1.807) is 35.2 Å². The number of hydrogen-bond acceptors (Lipinski definition) is 5. The zero-order valence-electron chi connectivity index (χ0n) is 16.7. The minimum absolute atomic E-state index is 0.0242. The predicted octanol–water partition coefficient (Wildman–Crippen LogP) is 2.74. The highest BCUT2D eigenvalue weighted by Crippen LogP contribution is 2.47. The number of carbonyl (C=O) groups is 3. The molecule has 1 N–H and O–H groups in total. The number of alkyl halides is 3. The highest BCUT2D eigenvalue weighted by atomic mass is 19.4. The van der Waals surface area contributed by atoms with E-state index in [0.717, 1.165) is 17.0 Å². The molecule has 2 aromatic carbocycles. The van der Waals surface area contributed by atoms with Gasteiger partial charge in [-0.3, -0.25) is 14.9 Å². The Morgan fingerprint density at radius 2 is 1.81 bits per heavy atom. The van der Waals surface area contributed by atoms with Gasteiger partial charge in [-0.25, -0.2) is 9.69 Å². The zero-order valence-corrected chi connectivity index (χ0v) is 16.7. The van der Waals surface area contributed by atoms with E-state index in [-0.39, 0.29) is 24.3 Å². The lowest BCUT2D eigenvalue weighted by Crippen LogP contribution is -2.74. The summed E-state index contributed by atoms with van der Waals surface area (Å²) in [6.07, 6.45) is -4.85. The molecule has 0 aliphatic carbocycles. The Kier molecular flexibility index (Phi) is 4.52. The molecule has 0 aromatic heterocycles. The number of hydrogen-bond donors (Lipinski definition) is 1. The molecular formula is C22H18F3N3O4. The lowest BCUT2D eigenvalue weighted by Gasteiger charge is -2.53. The van der Waals surface area contributed by atoms with E-state index in [1.165, 1.54) is 6.07 Å². The quantitative estimate of drug-likeness (QED) is 0.683. The van der Waals surface area contributed by atoms with Gasteiger partial charge in [0.25, 0.3) is 5.91 Å². The molecule has 2 aromatic rings. The molecule has 0 saturated carbocycles. The maximum absolute atomic E-state index is 13.8. The van der Waals surface area contributed by atoms with Crippen molar-refractivity contribution in [2.75, 3.05) is 29.6 Å². The van der Waals surface area contributed by atoms with E-state index in [2.05, 4.69) is 5.32 Å². The molecule has 0 unspecified atom stereocenters. The molecule has 3 aliphatic rings. The Morgan fingerprint density at radius 1 is 1.06 bits per heavy atom. The number of carbonyl (C=O) groups excluding carboxylic acids is 3.